The van der Waals surface area contributed by atoms with E-state index in [9.17, 15) is 5.11 Å². The first-order valence-electron chi connectivity index (χ1n) is 7.14. The Morgan fingerprint density at radius 1 is 1.37 bits per heavy atom. The van der Waals surface area contributed by atoms with Gasteiger partial charge in [0.1, 0.15) is 5.75 Å². The monoisotopic (exact) mass is 263 g/mol. The number of nitrogens with zero attached hydrogens (tertiary/aromatic N) is 1. The van der Waals surface area contributed by atoms with Gasteiger partial charge in [0, 0.05) is 11.6 Å². The number of pyridine rings is 1. The van der Waals surface area contributed by atoms with Gasteiger partial charge in [0.15, 0.2) is 0 Å². The summed E-state index contributed by atoms with van der Waals surface area (Å²) in [6.07, 6.45) is 4.68. The van der Waals surface area contributed by atoms with Gasteiger partial charge in [-0.05, 0) is 36.8 Å². The van der Waals surface area contributed by atoms with E-state index in [0.29, 0.717) is 5.92 Å². The number of aliphatic hydroxyl groups excluding tert-OH is 1. The predicted octanol–water partition coefficient (Wildman–Crippen LogP) is 3.16. The molecule has 1 aliphatic carbocycles. The maximum Gasteiger partial charge on any atom is 0.140 e. The molecular formula is C16H25NO2. The average molecular weight is 263 g/mol. The molecule has 3 atom stereocenters. The maximum atomic E-state index is 10.4. The van der Waals surface area contributed by atoms with Gasteiger partial charge in [-0.15, -0.1) is 0 Å². The zero-order chi connectivity index (χ0) is 14.0. The van der Waals surface area contributed by atoms with Crippen LogP contribution < -0.4 is 4.74 Å². The van der Waals surface area contributed by atoms with Crippen molar-refractivity contribution in [1.82, 2.24) is 4.98 Å². The highest BCUT2D eigenvalue weighted by Crippen LogP contribution is 2.44. The number of methoxy groups -OCH3 is 1. The van der Waals surface area contributed by atoms with Crippen molar-refractivity contribution in [3.63, 3.8) is 0 Å². The molecule has 0 spiro atoms. The number of aliphatic hydroxyl groups is 1. The third-order valence-corrected chi connectivity index (χ3v) is 4.61. The normalized spacial score (nSPS) is 28.2. The molecule has 19 heavy (non-hydrogen) atoms. The molecule has 0 aromatic carbocycles. The first kappa shape index (κ1) is 14.3. The molecule has 0 bridgehead atoms. The van der Waals surface area contributed by atoms with Crippen LogP contribution in [0.25, 0.3) is 0 Å². The fraction of sp³-hybridized carbons (Fsp3) is 0.688. The SMILES string of the molecule is COc1cccnc1C(C)(C)C1CCC(C)CC1O. The van der Waals surface area contributed by atoms with E-state index in [0.717, 1.165) is 24.3 Å². The van der Waals surface area contributed by atoms with Crippen LogP contribution in [0.15, 0.2) is 18.3 Å². The number of hydrogen-bond donors (Lipinski definition) is 1. The van der Waals surface area contributed by atoms with Gasteiger partial charge in [-0.25, -0.2) is 0 Å². The third kappa shape index (κ3) is 2.76. The van der Waals surface area contributed by atoms with Gasteiger partial charge in [-0.2, -0.15) is 0 Å². The topological polar surface area (TPSA) is 42.4 Å². The van der Waals surface area contributed by atoms with Gasteiger partial charge in [-0.3, -0.25) is 4.98 Å². The van der Waals surface area contributed by atoms with Gasteiger partial charge in [0.2, 0.25) is 0 Å². The lowest BCUT2D eigenvalue weighted by Crippen LogP contribution is -2.41. The molecule has 106 valence electrons. The van der Waals surface area contributed by atoms with E-state index >= 15 is 0 Å². The van der Waals surface area contributed by atoms with Crippen LogP contribution in [0.1, 0.15) is 45.7 Å². The Balaban J connectivity index is 2.31. The number of rotatable bonds is 3. The minimum absolute atomic E-state index is 0.174. The van der Waals surface area contributed by atoms with Gasteiger partial charge in [-0.1, -0.05) is 27.2 Å². The van der Waals surface area contributed by atoms with Crippen LogP contribution in [0.3, 0.4) is 0 Å². The second-order valence-electron chi connectivity index (χ2n) is 6.37. The van der Waals surface area contributed by atoms with Crippen molar-refractivity contribution < 1.29 is 9.84 Å². The summed E-state index contributed by atoms with van der Waals surface area (Å²) in [6.45, 7) is 6.55. The summed E-state index contributed by atoms with van der Waals surface area (Å²) in [5.41, 5.74) is 0.780. The molecule has 1 fully saturated rings. The largest absolute Gasteiger partial charge is 0.495 e. The number of hydrogen-bond acceptors (Lipinski definition) is 3. The highest BCUT2D eigenvalue weighted by atomic mass is 16.5. The lowest BCUT2D eigenvalue weighted by Gasteiger charge is -2.42. The van der Waals surface area contributed by atoms with E-state index in [1.165, 1.54) is 6.42 Å². The molecule has 1 saturated carbocycles. The summed E-state index contributed by atoms with van der Waals surface area (Å²) in [5, 5.41) is 10.4. The van der Waals surface area contributed by atoms with E-state index in [1.807, 2.05) is 12.1 Å². The van der Waals surface area contributed by atoms with E-state index in [2.05, 4.69) is 25.8 Å². The van der Waals surface area contributed by atoms with Crippen LogP contribution in [0.4, 0.5) is 0 Å². The van der Waals surface area contributed by atoms with Gasteiger partial charge in [0.05, 0.1) is 18.9 Å². The fourth-order valence-electron chi connectivity index (χ4n) is 3.41. The summed E-state index contributed by atoms with van der Waals surface area (Å²) < 4.78 is 5.43. The molecule has 0 amide bonds. The molecule has 1 aromatic rings. The Hall–Kier alpha value is -1.09. The van der Waals surface area contributed by atoms with Crippen molar-refractivity contribution in [2.75, 3.05) is 7.11 Å². The lowest BCUT2D eigenvalue weighted by atomic mass is 9.66. The molecular weight excluding hydrogens is 238 g/mol. The van der Waals surface area contributed by atoms with E-state index in [1.54, 1.807) is 13.3 Å². The fourth-order valence-corrected chi connectivity index (χ4v) is 3.41. The highest BCUT2D eigenvalue weighted by molar-refractivity contribution is 5.33. The van der Waals surface area contributed by atoms with Crippen molar-refractivity contribution in [3.05, 3.63) is 24.0 Å². The molecule has 1 N–H and O–H groups in total. The van der Waals surface area contributed by atoms with Crippen LogP contribution in [0.2, 0.25) is 0 Å². The molecule has 1 aromatic heterocycles. The second-order valence-corrected chi connectivity index (χ2v) is 6.37. The summed E-state index contributed by atoms with van der Waals surface area (Å²) in [6, 6.07) is 3.83. The second kappa shape index (κ2) is 5.49. The standard InChI is InChI=1S/C16H25NO2/c1-11-7-8-12(13(18)10-11)16(2,3)15-14(19-4)6-5-9-17-15/h5-6,9,11-13,18H,7-8,10H2,1-4H3. The molecule has 3 heteroatoms. The van der Waals surface area contributed by atoms with E-state index in [-0.39, 0.29) is 17.4 Å². The van der Waals surface area contributed by atoms with Crippen molar-refractivity contribution in [2.24, 2.45) is 11.8 Å². The molecule has 3 nitrogen and oxygen atoms in total. The van der Waals surface area contributed by atoms with Crippen LogP contribution in [-0.2, 0) is 5.41 Å². The van der Waals surface area contributed by atoms with E-state index in [4.69, 9.17) is 4.74 Å². The lowest BCUT2D eigenvalue weighted by molar-refractivity contribution is 0.0127. The molecule has 1 aliphatic rings. The number of ether oxygens (including phenoxy) is 1. The molecule has 0 radical (unpaired) electrons. The minimum atomic E-state index is -0.245. The van der Waals surface area contributed by atoms with E-state index < -0.39 is 0 Å². The summed E-state index contributed by atoms with van der Waals surface area (Å²) in [7, 11) is 1.68. The van der Waals surface area contributed by atoms with Crippen LogP contribution in [0, 0.1) is 11.8 Å². The Morgan fingerprint density at radius 3 is 2.74 bits per heavy atom. The Morgan fingerprint density at radius 2 is 2.11 bits per heavy atom. The van der Waals surface area contributed by atoms with Crippen molar-refractivity contribution >= 4 is 0 Å². The number of aromatic nitrogens is 1. The molecule has 3 unspecified atom stereocenters. The zero-order valence-corrected chi connectivity index (χ0v) is 12.4. The van der Waals surface area contributed by atoms with Gasteiger partial charge < -0.3 is 9.84 Å². The Labute approximate surface area is 116 Å². The molecule has 2 rings (SSSR count). The summed E-state index contributed by atoms with van der Waals surface area (Å²) >= 11 is 0. The van der Waals surface area contributed by atoms with Gasteiger partial charge >= 0.3 is 0 Å². The third-order valence-electron chi connectivity index (χ3n) is 4.61. The first-order chi connectivity index (χ1) is 8.96. The molecule has 1 heterocycles. The van der Waals surface area contributed by atoms with Gasteiger partial charge in [0.25, 0.3) is 0 Å². The molecule has 0 aliphatic heterocycles. The van der Waals surface area contributed by atoms with Crippen molar-refractivity contribution in [3.8, 4) is 5.75 Å². The maximum absolute atomic E-state index is 10.4. The van der Waals surface area contributed by atoms with Crippen LogP contribution >= 0.6 is 0 Å². The molecule has 0 saturated heterocycles. The predicted molar refractivity (Wildman–Crippen MR) is 76.3 cm³/mol. The minimum Gasteiger partial charge on any atom is -0.495 e. The van der Waals surface area contributed by atoms with Crippen molar-refractivity contribution in [2.45, 2.75) is 51.6 Å². The summed E-state index contributed by atoms with van der Waals surface area (Å²) in [5.74, 6) is 1.68. The summed E-state index contributed by atoms with van der Waals surface area (Å²) in [4.78, 5) is 4.51. The zero-order valence-electron chi connectivity index (χ0n) is 12.4. The smallest absolute Gasteiger partial charge is 0.140 e. The quantitative estimate of drug-likeness (QED) is 0.911. The average Bonchev–Trinajstić information content (AvgIpc) is 2.38. The highest BCUT2D eigenvalue weighted by Gasteiger charge is 2.41. The first-order valence-corrected chi connectivity index (χ1v) is 7.14. The van der Waals surface area contributed by atoms with Crippen LogP contribution in [-0.4, -0.2) is 23.3 Å². The Bertz CT molecular complexity index is 431. The Kier molecular flexibility index (Phi) is 4.14. The van der Waals surface area contributed by atoms with Crippen molar-refractivity contribution in [1.29, 1.82) is 0 Å². The van der Waals surface area contributed by atoms with Crippen LogP contribution in [0.5, 0.6) is 5.75 Å².